The average molecular weight is 516 g/mol. The first-order chi connectivity index (χ1) is 14.4. The Morgan fingerprint density at radius 1 is 1.23 bits per heavy atom. The largest absolute Gasteiger partial charge is 0.355 e. The molecule has 1 N–H and O–H groups in total. The maximum absolute atomic E-state index is 12.9. The molecule has 0 atom stereocenters. The van der Waals surface area contributed by atoms with E-state index in [1.807, 2.05) is 32.0 Å². The summed E-state index contributed by atoms with van der Waals surface area (Å²) in [7, 11) is -3.03. The molecule has 2 aromatic heterocycles. The van der Waals surface area contributed by atoms with Crippen molar-refractivity contribution in [3.8, 4) is 0 Å². The fraction of sp³-hybridized carbons (Fsp3) is 0.500. The number of benzene rings is 1. The van der Waals surface area contributed by atoms with Crippen molar-refractivity contribution in [2.24, 2.45) is 5.92 Å². The van der Waals surface area contributed by atoms with Gasteiger partial charge in [0.1, 0.15) is 11.0 Å². The predicted octanol–water partition coefficient (Wildman–Crippen LogP) is 6.01. The van der Waals surface area contributed by atoms with E-state index in [-0.39, 0.29) is 11.2 Å². The van der Waals surface area contributed by atoms with Crippen LogP contribution in [0, 0.1) is 5.92 Å². The number of piperidine rings is 1. The molecule has 10 heteroatoms. The van der Waals surface area contributed by atoms with E-state index in [4.69, 9.17) is 20.6 Å². The third-order valence-electron chi connectivity index (χ3n) is 5.41. The van der Waals surface area contributed by atoms with E-state index in [1.165, 1.54) is 0 Å². The Hall–Kier alpha value is -1.18. The van der Waals surface area contributed by atoms with Gasteiger partial charge in [0.05, 0.1) is 19.4 Å². The van der Waals surface area contributed by atoms with E-state index in [0.717, 1.165) is 58.2 Å². The van der Waals surface area contributed by atoms with E-state index in [0.29, 0.717) is 19.4 Å². The Kier molecular flexibility index (Phi) is 6.70. The first-order valence-electron chi connectivity index (χ1n) is 10.2. The Bertz CT molecular complexity index is 1090. The molecule has 1 saturated heterocycles. The monoisotopic (exact) mass is 514 g/mol. The second-order valence-electron chi connectivity index (χ2n) is 7.41. The Morgan fingerprint density at radius 3 is 2.60 bits per heavy atom. The molecule has 7 nitrogen and oxygen atoms in total. The maximum Gasteiger partial charge on any atom is 0.330 e. The van der Waals surface area contributed by atoms with E-state index < -0.39 is 7.60 Å². The molecule has 0 amide bonds. The van der Waals surface area contributed by atoms with Gasteiger partial charge in [0.25, 0.3) is 0 Å². The topological polar surface area (TPSA) is 80.3 Å². The van der Waals surface area contributed by atoms with Crippen LogP contribution in [0.25, 0.3) is 21.9 Å². The van der Waals surface area contributed by atoms with Crippen molar-refractivity contribution in [1.29, 1.82) is 0 Å². The quantitative estimate of drug-likeness (QED) is 0.307. The zero-order valence-corrected chi connectivity index (χ0v) is 20.3. The molecule has 0 bridgehead atoms. The van der Waals surface area contributed by atoms with Gasteiger partial charge in [-0.1, -0.05) is 15.9 Å². The zero-order valence-electron chi connectivity index (χ0n) is 17.0. The number of nitrogens with one attached hydrogen (secondary N) is 1. The summed E-state index contributed by atoms with van der Waals surface area (Å²) in [5, 5.41) is 1.24. The number of hydrogen-bond donors (Lipinski definition) is 1. The number of halogens is 2. The number of H-pyrrole nitrogens is 1. The third-order valence-corrected chi connectivity index (χ3v) is 8.34. The molecular formula is C20H25BrClN4O3P. The summed E-state index contributed by atoms with van der Waals surface area (Å²) in [6, 6.07) is 6.05. The molecular weight excluding hydrogens is 491 g/mol. The zero-order chi connectivity index (χ0) is 21.3. The van der Waals surface area contributed by atoms with Gasteiger partial charge in [0.15, 0.2) is 5.82 Å². The summed E-state index contributed by atoms with van der Waals surface area (Å²) in [6.07, 6.45) is 2.24. The summed E-state index contributed by atoms with van der Waals surface area (Å²) >= 11 is 9.81. The molecule has 0 aliphatic carbocycles. The third kappa shape index (κ3) is 4.53. The van der Waals surface area contributed by atoms with Crippen molar-refractivity contribution >= 4 is 62.9 Å². The summed E-state index contributed by atoms with van der Waals surface area (Å²) in [4.78, 5) is 14.7. The van der Waals surface area contributed by atoms with Gasteiger partial charge in [-0.25, -0.2) is 4.98 Å². The number of fused-ring (bicyclic) bond motifs is 3. The molecule has 1 aromatic carbocycles. The lowest BCUT2D eigenvalue weighted by Gasteiger charge is -2.34. The molecule has 0 unspecified atom stereocenters. The highest BCUT2D eigenvalue weighted by molar-refractivity contribution is 9.10. The number of hydrogen-bond acceptors (Lipinski definition) is 6. The summed E-state index contributed by atoms with van der Waals surface area (Å²) < 4.78 is 24.8. The average Bonchev–Trinajstić information content (AvgIpc) is 3.06. The van der Waals surface area contributed by atoms with Gasteiger partial charge in [-0.15, -0.1) is 0 Å². The number of aromatic nitrogens is 3. The second-order valence-corrected chi connectivity index (χ2v) is 10.8. The van der Waals surface area contributed by atoms with Crippen LogP contribution in [0.1, 0.15) is 26.7 Å². The summed E-state index contributed by atoms with van der Waals surface area (Å²) in [5.74, 6) is 1.10. The van der Waals surface area contributed by atoms with Gasteiger partial charge < -0.3 is 18.9 Å². The SMILES string of the molecule is CCOP(=O)(CC1CCN(c2nc(Cl)nc3c2[nH]c2ccc(Br)cc23)CC1)OCC. The van der Waals surface area contributed by atoms with Crippen molar-refractivity contribution in [3.05, 3.63) is 28.0 Å². The fourth-order valence-electron chi connectivity index (χ4n) is 4.10. The molecule has 3 aromatic rings. The minimum absolute atomic E-state index is 0.234. The minimum atomic E-state index is -3.03. The first-order valence-corrected chi connectivity index (χ1v) is 13.1. The molecule has 1 aliphatic rings. The lowest BCUT2D eigenvalue weighted by molar-refractivity contribution is 0.213. The Balaban J connectivity index is 1.56. The Morgan fingerprint density at radius 2 is 1.93 bits per heavy atom. The van der Waals surface area contributed by atoms with Gasteiger partial charge >= 0.3 is 7.60 Å². The minimum Gasteiger partial charge on any atom is -0.355 e. The number of nitrogens with zero attached hydrogens (tertiary/aromatic N) is 3. The first kappa shape index (κ1) is 22.0. The molecule has 3 heterocycles. The van der Waals surface area contributed by atoms with Crippen LogP contribution < -0.4 is 4.90 Å². The van der Waals surface area contributed by atoms with Crippen molar-refractivity contribution < 1.29 is 13.6 Å². The normalized spacial score (nSPS) is 16.1. The number of aromatic amines is 1. The van der Waals surface area contributed by atoms with Crippen LogP contribution in [-0.4, -0.2) is 47.4 Å². The second kappa shape index (κ2) is 9.13. The van der Waals surface area contributed by atoms with Gasteiger partial charge in [-0.05, 0) is 62.4 Å². The molecule has 1 aliphatic heterocycles. The summed E-state index contributed by atoms with van der Waals surface area (Å²) in [6.45, 7) is 6.07. The highest BCUT2D eigenvalue weighted by Gasteiger charge is 2.31. The standard InChI is InChI=1S/C20H25BrClN4O3P/c1-3-28-30(27,29-4-2)12-13-7-9-26(10-8-13)19-18-17(24-20(22)25-19)15-11-14(21)5-6-16(15)23-18/h5-6,11,13,23H,3-4,7-10,12H2,1-2H3. The van der Waals surface area contributed by atoms with Gasteiger partial charge in [-0.3, -0.25) is 4.57 Å². The molecule has 30 heavy (non-hydrogen) atoms. The molecule has 1 fully saturated rings. The predicted molar refractivity (Wildman–Crippen MR) is 125 cm³/mol. The van der Waals surface area contributed by atoms with Crippen molar-refractivity contribution in [3.63, 3.8) is 0 Å². The van der Waals surface area contributed by atoms with Crippen molar-refractivity contribution in [1.82, 2.24) is 15.0 Å². The van der Waals surface area contributed by atoms with Gasteiger partial charge in [-0.2, -0.15) is 4.98 Å². The van der Waals surface area contributed by atoms with E-state index in [9.17, 15) is 4.57 Å². The fourth-order valence-corrected chi connectivity index (χ4v) is 6.69. The van der Waals surface area contributed by atoms with Crippen LogP contribution in [0.5, 0.6) is 0 Å². The number of rotatable bonds is 7. The van der Waals surface area contributed by atoms with E-state index >= 15 is 0 Å². The van der Waals surface area contributed by atoms with Gasteiger partial charge in [0.2, 0.25) is 5.28 Å². The molecule has 0 spiro atoms. The summed E-state index contributed by atoms with van der Waals surface area (Å²) in [5.41, 5.74) is 2.70. The highest BCUT2D eigenvalue weighted by Crippen LogP contribution is 2.51. The van der Waals surface area contributed by atoms with E-state index in [1.54, 1.807) is 0 Å². The maximum atomic E-state index is 12.9. The lowest BCUT2D eigenvalue weighted by Crippen LogP contribution is -2.35. The van der Waals surface area contributed by atoms with Crippen LogP contribution in [0.3, 0.4) is 0 Å². The van der Waals surface area contributed by atoms with Crippen LogP contribution in [0.2, 0.25) is 5.28 Å². The van der Waals surface area contributed by atoms with Crippen LogP contribution in [-0.2, 0) is 13.6 Å². The molecule has 0 radical (unpaired) electrons. The van der Waals surface area contributed by atoms with E-state index in [2.05, 4.69) is 35.8 Å². The molecule has 162 valence electrons. The van der Waals surface area contributed by atoms with Gasteiger partial charge in [0, 0.05) is 28.5 Å². The van der Waals surface area contributed by atoms with Crippen molar-refractivity contribution in [2.45, 2.75) is 26.7 Å². The lowest BCUT2D eigenvalue weighted by atomic mass is 9.99. The molecule has 0 saturated carbocycles. The van der Waals surface area contributed by atoms with Crippen molar-refractivity contribution in [2.75, 3.05) is 37.4 Å². The Labute approximate surface area is 189 Å². The molecule has 4 rings (SSSR count). The highest BCUT2D eigenvalue weighted by atomic mass is 79.9. The smallest absolute Gasteiger partial charge is 0.330 e. The number of anilines is 1. The van der Waals surface area contributed by atoms with Crippen LogP contribution in [0.4, 0.5) is 5.82 Å². The van der Waals surface area contributed by atoms with Crippen LogP contribution in [0.15, 0.2) is 22.7 Å². The van der Waals surface area contributed by atoms with Crippen LogP contribution >= 0.6 is 35.1 Å².